The fourth-order valence-corrected chi connectivity index (χ4v) is 6.85. The molecule has 232 valence electrons. The summed E-state index contributed by atoms with van der Waals surface area (Å²) in [6, 6.07) is 17.0. The van der Waals surface area contributed by atoms with Gasteiger partial charge in [0.05, 0.1) is 30.0 Å². The second kappa shape index (κ2) is 11.8. The van der Waals surface area contributed by atoms with Crippen LogP contribution >= 0.6 is 11.8 Å². The lowest BCUT2D eigenvalue weighted by Crippen LogP contribution is -2.56. The molecule has 0 spiro atoms. The topological polar surface area (TPSA) is 109 Å². The first-order valence-corrected chi connectivity index (χ1v) is 14.9. The number of carbonyl (C=O) groups excluding carboxylic acids is 2. The highest BCUT2D eigenvalue weighted by Crippen LogP contribution is 2.46. The van der Waals surface area contributed by atoms with Crippen LogP contribution in [0.4, 0.5) is 24.5 Å². The Hall–Kier alpha value is -4.01. The van der Waals surface area contributed by atoms with Crippen LogP contribution in [0, 0.1) is 0 Å². The minimum Gasteiger partial charge on any atom is -0.378 e. The number of nitrogens with one attached hydrogen (secondary N) is 2. The van der Waals surface area contributed by atoms with Crippen molar-refractivity contribution >= 4 is 35.0 Å². The van der Waals surface area contributed by atoms with Crippen LogP contribution < -0.4 is 10.6 Å². The Kier molecular flexibility index (Phi) is 8.07. The van der Waals surface area contributed by atoms with Crippen molar-refractivity contribution in [3.05, 3.63) is 77.0 Å². The molecule has 2 unspecified atom stereocenters. The number of carbonyl (C=O) groups is 2. The van der Waals surface area contributed by atoms with Crippen molar-refractivity contribution in [3.63, 3.8) is 0 Å². The molecule has 14 heteroatoms. The number of hydroxylamine groups is 2. The van der Waals surface area contributed by atoms with Crippen molar-refractivity contribution in [2.75, 3.05) is 25.1 Å². The van der Waals surface area contributed by atoms with Gasteiger partial charge in [-0.2, -0.15) is 18.2 Å². The number of ether oxygens (including phenoxy) is 1. The van der Waals surface area contributed by atoms with E-state index in [1.165, 1.54) is 0 Å². The summed E-state index contributed by atoms with van der Waals surface area (Å²) in [7, 11) is 0. The Morgan fingerprint density at radius 1 is 1.18 bits per heavy atom. The molecule has 2 aromatic carbocycles. The van der Waals surface area contributed by atoms with Gasteiger partial charge >= 0.3 is 12.1 Å². The standard InChI is InChI=1S/C30H30F3N5O5S/c1-29(2)16-23-25(26(39)36-29)44-28(38(23)43-27(40)30(31,32)33)37-12-13-41-17-22(37)15-18-4-3-5-21(14-18)35-20-8-6-19(7-9-20)24-10-11-34-42-24/h3-11,14,22,28,35H,12-13,15-17H2,1-2H3,(H,36,39). The van der Waals surface area contributed by atoms with Gasteiger partial charge in [-0.1, -0.05) is 29.1 Å². The van der Waals surface area contributed by atoms with E-state index in [0.717, 1.165) is 39.3 Å². The highest BCUT2D eigenvalue weighted by molar-refractivity contribution is 8.04. The maximum absolute atomic E-state index is 13.3. The average molecular weight is 630 g/mol. The third-order valence-corrected chi connectivity index (χ3v) is 8.81. The molecule has 44 heavy (non-hydrogen) atoms. The van der Waals surface area contributed by atoms with E-state index in [2.05, 4.69) is 15.8 Å². The van der Waals surface area contributed by atoms with Gasteiger partial charge in [0.15, 0.2) is 11.3 Å². The summed E-state index contributed by atoms with van der Waals surface area (Å²) in [6.45, 7) is 4.53. The number of morpholine rings is 1. The zero-order chi connectivity index (χ0) is 31.1. The SMILES string of the molecule is CC1(C)CC2=C(SC(N3CCOCC3Cc3cccc(Nc4ccc(-c5ccno5)cc4)c3)N2OC(=O)C(F)(F)F)C(=O)N1. The maximum Gasteiger partial charge on any atom is 0.493 e. The van der Waals surface area contributed by atoms with Gasteiger partial charge < -0.3 is 24.7 Å². The van der Waals surface area contributed by atoms with Gasteiger partial charge in [-0.05, 0) is 62.2 Å². The third-order valence-electron chi connectivity index (χ3n) is 7.48. The molecule has 0 radical (unpaired) electrons. The van der Waals surface area contributed by atoms with E-state index < -0.39 is 29.1 Å². The number of alkyl halides is 3. The van der Waals surface area contributed by atoms with E-state index in [9.17, 15) is 22.8 Å². The number of aromatic nitrogens is 1. The van der Waals surface area contributed by atoms with Crippen molar-refractivity contribution in [1.82, 2.24) is 20.4 Å². The zero-order valence-electron chi connectivity index (χ0n) is 23.9. The van der Waals surface area contributed by atoms with Gasteiger partial charge in [0.25, 0.3) is 5.91 Å². The molecular formula is C30H30F3N5O5S. The van der Waals surface area contributed by atoms with Gasteiger partial charge in [-0.15, -0.1) is 0 Å². The van der Waals surface area contributed by atoms with Gasteiger partial charge in [0.2, 0.25) is 0 Å². The van der Waals surface area contributed by atoms with Gasteiger partial charge in [0.1, 0.15) is 0 Å². The summed E-state index contributed by atoms with van der Waals surface area (Å²) in [5, 5.41) is 11.0. The van der Waals surface area contributed by atoms with Crippen LogP contribution in [-0.2, 0) is 25.6 Å². The third kappa shape index (κ3) is 6.42. The summed E-state index contributed by atoms with van der Waals surface area (Å²) >= 11 is 1.09. The van der Waals surface area contributed by atoms with E-state index in [-0.39, 0.29) is 23.1 Å². The van der Waals surface area contributed by atoms with E-state index >= 15 is 0 Å². The first kappa shape index (κ1) is 30.0. The van der Waals surface area contributed by atoms with Crippen LogP contribution in [-0.4, -0.2) is 70.0 Å². The van der Waals surface area contributed by atoms with E-state index in [4.69, 9.17) is 14.1 Å². The molecule has 2 atom stereocenters. The van der Waals surface area contributed by atoms with Crippen LogP contribution in [0.25, 0.3) is 11.3 Å². The molecule has 3 aliphatic heterocycles. The fourth-order valence-electron chi connectivity index (χ4n) is 5.50. The fraction of sp³-hybridized carbons (Fsp3) is 0.367. The van der Waals surface area contributed by atoms with Crippen molar-refractivity contribution < 1.29 is 36.9 Å². The lowest BCUT2D eigenvalue weighted by atomic mass is 9.94. The minimum absolute atomic E-state index is 0.199. The van der Waals surface area contributed by atoms with Crippen LogP contribution in [0.2, 0.25) is 0 Å². The second-order valence-electron chi connectivity index (χ2n) is 11.4. The number of thioether (sulfide) groups is 1. The number of anilines is 2. The number of halogens is 3. The Balaban J connectivity index is 1.20. The lowest BCUT2D eigenvalue weighted by molar-refractivity contribution is -0.243. The molecule has 3 aromatic rings. The van der Waals surface area contributed by atoms with Gasteiger partial charge in [0, 0.05) is 47.6 Å². The molecule has 1 amide bonds. The van der Waals surface area contributed by atoms with E-state index in [1.54, 1.807) is 26.1 Å². The summed E-state index contributed by atoms with van der Waals surface area (Å²) < 4.78 is 50.9. The first-order valence-electron chi connectivity index (χ1n) is 14.0. The quantitative estimate of drug-likeness (QED) is 0.363. The van der Waals surface area contributed by atoms with Crippen LogP contribution in [0.3, 0.4) is 0 Å². The zero-order valence-corrected chi connectivity index (χ0v) is 24.7. The molecule has 6 rings (SSSR count). The number of hydrogen-bond donors (Lipinski definition) is 2. The Morgan fingerprint density at radius 3 is 2.70 bits per heavy atom. The number of amides is 1. The van der Waals surface area contributed by atoms with E-state index in [1.807, 2.05) is 53.4 Å². The molecule has 1 saturated heterocycles. The number of hydrogen-bond acceptors (Lipinski definition) is 10. The summed E-state index contributed by atoms with van der Waals surface area (Å²) in [5.74, 6) is -2.07. The summed E-state index contributed by atoms with van der Waals surface area (Å²) in [5.41, 5.74) is 2.24. The number of benzene rings is 2. The van der Waals surface area contributed by atoms with Crippen LogP contribution in [0.5, 0.6) is 0 Å². The smallest absolute Gasteiger partial charge is 0.378 e. The van der Waals surface area contributed by atoms with Crippen molar-refractivity contribution in [2.24, 2.45) is 0 Å². The molecule has 2 N–H and O–H groups in total. The normalized spacial score (nSPS) is 22.0. The molecule has 0 saturated carbocycles. The van der Waals surface area contributed by atoms with Crippen LogP contribution in [0.15, 0.2) is 75.9 Å². The largest absolute Gasteiger partial charge is 0.493 e. The molecule has 0 bridgehead atoms. The Labute approximate surface area is 255 Å². The molecule has 1 fully saturated rings. The van der Waals surface area contributed by atoms with Crippen molar-refractivity contribution in [1.29, 1.82) is 0 Å². The molecule has 3 aliphatic rings. The minimum atomic E-state index is -5.20. The average Bonchev–Trinajstić information content (AvgIpc) is 3.62. The Morgan fingerprint density at radius 2 is 1.98 bits per heavy atom. The van der Waals surface area contributed by atoms with Gasteiger partial charge in [-0.25, -0.2) is 4.79 Å². The predicted octanol–water partition coefficient (Wildman–Crippen LogP) is 5.19. The van der Waals surface area contributed by atoms with Gasteiger partial charge in [-0.3, -0.25) is 9.69 Å². The maximum atomic E-state index is 13.3. The summed E-state index contributed by atoms with van der Waals surface area (Å²) in [4.78, 5) is 32.1. The predicted molar refractivity (Wildman–Crippen MR) is 156 cm³/mol. The Bertz CT molecular complexity index is 1560. The number of nitrogens with zero attached hydrogens (tertiary/aromatic N) is 3. The molecule has 4 heterocycles. The van der Waals surface area contributed by atoms with Crippen LogP contribution in [0.1, 0.15) is 25.8 Å². The monoisotopic (exact) mass is 629 g/mol. The van der Waals surface area contributed by atoms with E-state index in [0.29, 0.717) is 31.9 Å². The highest BCUT2D eigenvalue weighted by Gasteiger charge is 2.51. The second-order valence-corrected chi connectivity index (χ2v) is 12.5. The molecule has 10 nitrogen and oxygen atoms in total. The van der Waals surface area contributed by atoms with Crippen molar-refractivity contribution in [3.8, 4) is 11.3 Å². The first-order chi connectivity index (χ1) is 21.0. The van der Waals surface area contributed by atoms with Crippen molar-refractivity contribution in [2.45, 2.75) is 49.9 Å². The molecule has 0 aliphatic carbocycles. The highest BCUT2D eigenvalue weighted by atomic mass is 32.2. The molecular weight excluding hydrogens is 599 g/mol. The molecule has 1 aromatic heterocycles. The number of rotatable bonds is 7. The summed E-state index contributed by atoms with van der Waals surface area (Å²) in [6.07, 6.45) is -2.91. The lowest BCUT2D eigenvalue weighted by Gasteiger charge is -2.42.